The van der Waals surface area contributed by atoms with Crippen molar-refractivity contribution in [3.05, 3.63) is 50.6 Å². The Kier molecular flexibility index (Phi) is 5.98. The molecule has 1 unspecified atom stereocenters. The van der Waals surface area contributed by atoms with E-state index < -0.39 is 0 Å². The van der Waals surface area contributed by atoms with Crippen molar-refractivity contribution in [2.45, 2.75) is 32.8 Å². The average Bonchev–Trinajstić information content (AvgIpc) is 2.68. The van der Waals surface area contributed by atoms with Crippen LogP contribution in [0.3, 0.4) is 0 Å². The fourth-order valence-electron chi connectivity index (χ4n) is 3.26. The number of hydrogen-bond donors (Lipinski definition) is 0. The number of aryl methyl sites for hydroxylation is 1. The molecule has 1 aromatic carbocycles. The van der Waals surface area contributed by atoms with Crippen LogP contribution in [0.25, 0.3) is 0 Å². The van der Waals surface area contributed by atoms with Crippen LogP contribution in [0, 0.1) is 11.3 Å². The summed E-state index contributed by atoms with van der Waals surface area (Å²) in [6, 6.07) is 7.85. The normalized spacial score (nSPS) is 17.2. The molecule has 1 aliphatic heterocycles. The lowest BCUT2D eigenvalue weighted by atomic mass is 10.0. The maximum atomic E-state index is 9.72. The molecule has 0 aliphatic carbocycles. The van der Waals surface area contributed by atoms with E-state index in [0.29, 0.717) is 41.1 Å². The molecular formula is C19H20Cl2N4O. The Balaban J connectivity index is 1.92. The topological polar surface area (TPSA) is 62.0 Å². The highest BCUT2D eigenvalue weighted by Crippen LogP contribution is 2.31. The molecular weight excluding hydrogens is 371 g/mol. The molecule has 0 amide bonds. The molecule has 0 N–H and O–H groups in total. The van der Waals surface area contributed by atoms with Crippen molar-refractivity contribution in [3.63, 3.8) is 0 Å². The van der Waals surface area contributed by atoms with E-state index >= 15 is 0 Å². The van der Waals surface area contributed by atoms with Crippen LogP contribution >= 0.6 is 23.2 Å². The Labute approximate surface area is 163 Å². The summed E-state index contributed by atoms with van der Waals surface area (Å²) in [6.45, 7) is 5.85. The molecule has 7 heteroatoms. The number of anilines is 1. The van der Waals surface area contributed by atoms with Crippen molar-refractivity contribution >= 4 is 29.0 Å². The second kappa shape index (κ2) is 8.22. The van der Waals surface area contributed by atoms with E-state index in [1.807, 2.05) is 26.0 Å². The number of morpholine rings is 1. The van der Waals surface area contributed by atoms with Crippen LogP contribution in [0.5, 0.6) is 0 Å². The zero-order chi connectivity index (χ0) is 18.7. The third-order valence-electron chi connectivity index (χ3n) is 4.62. The largest absolute Gasteiger partial charge is 0.370 e. The van der Waals surface area contributed by atoms with Crippen LogP contribution in [0.2, 0.25) is 10.0 Å². The first-order valence-corrected chi connectivity index (χ1v) is 9.44. The minimum atomic E-state index is -0.164. The number of aromatic nitrogens is 2. The van der Waals surface area contributed by atoms with Gasteiger partial charge in [0, 0.05) is 13.1 Å². The Morgan fingerprint density at radius 1 is 1.23 bits per heavy atom. The molecule has 26 heavy (non-hydrogen) atoms. The van der Waals surface area contributed by atoms with Gasteiger partial charge >= 0.3 is 0 Å². The van der Waals surface area contributed by atoms with Crippen LogP contribution in [0.1, 0.15) is 42.3 Å². The van der Waals surface area contributed by atoms with Crippen molar-refractivity contribution in [1.29, 1.82) is 5.26 Å². The predicted octanol–water partition coefficient (Wildman–Crippen LogP) is 4.36. The van der Waals surface area contributed by atoms with E-state index in [1.165, 1.54) is 0 Å². The first-order chi connectivity index (χ1) is 12.6. The molecule has 0 radical (unpaired) electrons. The van der Waals surface area contributed by atoms with Crippen LogP contribution in [0.4, 0.5) is 5.82 Å². The molecule has 136 valence electrons. The molecule has 0 bridgehead atoms. The lowest BCUT2D eigenvalue weighted by Crippen LogP contribution is -2.39. The van der Waals surface area contributed by atoms with Gasteiger partial charge in [-0.15, -0.1) is 5.10 Å². The Bertz CT molecular complexity index is 850. The summed E-state index contributed by atoms with van der Waals surface area (Å²) in [5.41, 5.74) is 3.45. The molecule has 5 nitrogen and oxygen atoms in total. The number of hydrogen-bond acceptors (Lipinski definition) is 5. The lowest BCUT2D eigenvalue weighted by Gasteiger charge is -2.34. The van der Waals surface area contributed by atoms with Crippen molar-refractivity contribution in [2.75, 3.05) is 24.6 Å². The minimum absolute atomic E-state index is 0.164. The smallest absolute Gasteiger partial charge is 0.169 e. The van der Waals surface area contributed by atoms with Gasteiger partial charge in [0.1, 0.15) is 17.7 Å². The zero-order valence-corrected chi connectivity index (χ0v) is 16.3. The molecule has 1 fully saturated rings. The summed E-state index contributed by atoms with van der Waals surface area (Å²) in [5.74, 6) is 0.634. The maximum absolute atomic E-state index is 9.72. The van der Waals surface area contributed by atoms with E-state index in [4.69, 9.17) is 27.9 Å². The second-order valence-electron chi connectivity index (χ2n) is 6.12. The maximum Gasteiger partial charge on any atom is 0.169 e. The number of ether oxygens (including phenoxy) is 1. The van der Waals surface area contributed by atoms with Gasteiger partial charge in [-0.1, -0.05) is 43.1 Å². The summed E-state index contributed by atoms with van der Waals surface area (Å²) < 4.78 is 5.91. The highest BCUT2D eigenvalue weighted by Gasteiger charge is 2.27. The van der Waals surface area contributed by atoms with E-state index in [1.54, 1.807) is 6.07 Å². The van der Waals surface area contributed by atoms with E-state index in [-0.39, 0.29) is 6.10 Å². The summed E-state index contributed by atoms with van der Waals surface area (Å²) in [6.07, 6.45) is 1.36. The molecule has 0 spiro atoms. The summed E-state index contributed by atoms with van der Waals surface area (Å²) >= 11 is 12.1. The first kappa shape index (κ1) is 18.9. The number of rotatable bonds is 4. The quantitative estimate of drug-likeness (QED) is 0.775. The van der Waals surface area contributed by atoms with Gasteiger partial charge in [0.25, 0.3) is 0 Å². The SMILES string of the molecule is CCc1nnc(N2CCOC(c3ccc(Cl)c(Cl)c3)C2)c(C#N)c1CC. The van der Waals surface area contributed by atoms with Crippen molar-refractivity contribution in [1.82, 2.24) is 10.2 Å². The molecule has 2 aromatic rings. The summed E-state index contributed by atoms with van der Waals surface area (Å²) in [7, 11) is 0. The van der Waals surface area contributed by atoms with E-state index in [2.05, 4.69) is 21.2 Å². The Morgan fingerprint density at radius 2 is 2.04 bits per heavy atom. The Morgan fingerprint density at radius 3 is 2.69 bits per heavy atom. The number of benzene rings is 1. The number of nitrogens with zero attached hydrogens (tertiary/aromatic N) is 4. The van der Waals surface area contributed by atoms with Crippen molar-refractivity contribution < 1.29 is 4.74 Å². The number of nitriles is 1. The molecule has 1 aliphatic rings. The minimum Gasteiger partial charge on any atom is -0.370 e. The van der Waals surface area contributed by atoms with Gasteiger partial charge in [-0.25, -0.2) is 0 Å². The van der Waals surface area contributed by atoms with Crippen molar-refractivity contribution in [2.24, 2.45) is 0 Å². The summed E-state index contributed by atoms with van der Waals surface area (Å²) in [5, 5.41) is 19.5. The Hall–Kier alpha value is -1.87. The van der Waals surface area contributed by atoms with Crippen molar-refractivity contribution in [3.8, 4) is 6.07 Å². The molecule has 0 saturated carbocycles. The molecule has 1 aromatic heterocycles. The van der Waals surface area contributed by atoms with E-state index in [9.17, 15) is 5.26 Å². The van der Waals surface area contributed by atoms with Crippen LogP contribution in [-0.4, -0.2) is 29.9 Å². The van der Waals surface area contributed by atoms with Gasteiger partial charge in [-0.3, -0.25) is 0 Å². The third-order valence-corrected chi connectivity index (χ3v) is 5.36. The van der Waals surface area contributed by atoms with Crippen LogP contribution in [-0.2, 0) is 17.6 Å². The zero-order valence-electron chi connectivity index (χ0n) is 14.8. The number of halogens is 2. The van der Waals surface area contributed by atoms with Gasteiger partial charge in [0.2, 0.25) is 0 Å². The van der Waals surface area contributed by atoms with Crippen LogP contribution in [0.15, 0.2) is 18.2 Å². The monoisotopic (exact) mass is 390 g/mol. The molecule has 1 atom stereocenters. The standard InChI is InChI=1S/C19H20Cl2N4O/c1-3-13-14(10-22)19(24-23-17(13)4-2)25-7-8-26-18(11-25)12-5-6-15(20)16(21)9-12/h5-6,9,18H,3-4,7-8,11H2,1-2H3. The fraction of sp³-hybridized carbons (Fsp3) is 0.421. The van der Waals surface area contributed by atoms with Crippen LogP contribution < -0.4 is 4.90 Å². The first-order valence-electron chi connectivity index (χ1n) is 8.69. The predicted molar refractivity (Wildman–Crippen MR) is 103 cm³/mol. The molecule has 3 rings (SSSR count). The lowest BCUT2D eigenvalue weighted by molar-refractivity contribution is 0.0394. The highest BCUT2D eigenvalue weighted by molar-refractivity contribution is 6.42. The van der Waals surface area contributed by atoms with E-state index in [0.717, 1.165) is 29.7 Å². The van der Waals surface area contributed by atoms with Gasteiger partial charge in [0.05, 0.1) is 22.3 Å². The van der Waals surface area contributed by atoms with Gasteiger partial charge in [-0.05, 0) is 36.1 Å². The second-order valence-corrected chi connectivity index (χ2v) is 6.94. The summed E-state index contributed by atoms with van der Waals surface area (Å²) in [4.78, 5) is 2.07. The fourth-order valence-corrected chi connectivity index (χ4v) is 3.56. The third kappa shape index (κ3) is 3.64. The van der Waals surface area contributed by atoms with Gasteiger partial charge < -0.3 is 9.64 Å². The highest BCUT2D eigenvalue weighted by atomic mass is 35.5. The van der Waals surface area contributed by atoms with Gasteiger partial charge in [-0.2, -0.15) is 10.4 Å². The van der Waals surface area contributed by atoms with Gasteiger partial charge in [0.15, 0.2) is 5.82 Å². The average molecular weight is 391 g/mol. The molecule has 1 saturated heterocycles. The molecule has 2 heterocycles.